The van der Waals surface area contributed by atoms with Gasteiger partial charge in [-0.1, -0.05) is 25.0 Å². The molecular formula is C41H52N10O3. The van der Waals surface area contributed by atoms with E-state index in [1.165, 1.54) is 24.1 Å². The van der Waals surface area contributed by atoms with E-state index in [0.29, 0.717) is 30.5 Å². The quantitative estimate of drug-likeness (QED) is 0.220. The van der Waals surface area contributed by atoms with E-state index in [4.69, 9.17) is 4.98 Å². The van der Waals surface area contributed by atoms with Crippen LogP contribution in [0.1, 0.15) is 73.0 Å². The molecular weight excluding hydrogens is 681 g/mol. The molecule has 0 radical (unpaired) electrons. The number of nitrogens with one attached hydrogen (secondary N) is 2. The van der Waals surface area contributed by atoms with Gasteiger partial charge in [0.15, 0.2) is 0 Å². The number of aromatic nitrogens is 3. The van der Waals surface area contributed by atoms with Crippen molar-refractivity contribution < 1.29 is 14.4 Å². The molecule has 0 atom stereocenters. The van der Waals surface area contributed by atoms with E-state index in [2.05, 4.69) is 71.3 Å². The fraction of sp³-hybridized carbons (Fsp3) is 0.488. The van der Waals surface area contributed by atoms with Gasteiger partial charge in [-0.25, -0.2) is 9.78 Å². The number of fused-ring (bicyclic) bond motifs is 1. The summed E-state index contributed by atoms with van der Waals surface area (Å²) in [5.41, 5.74) is 5.81. The lowest BCUT2D eigenvalue weighted by Crippen LogP contribution is -2.49. The molecule has 0 spiro atoms. The van der Waals surface area contributed by atoms with E-state index < -0.39 is 0 Å². The average Bonchev–Trinajstić information content (AvgIpc) is 3.86. The minimum absolute atomic E-state index is 0.00497. The molecule has 2 N–H and O–H groups in total. The van der Waals surface area contributed by atoms with Gasteiger partial charge >= 0.3 is 6.03 Å². The van der Waals surface area contributed by atoms with Gasteiger partial charge in [0.1, 0.15) is 11.3 Å². The molecule has 54 heavy (non-hydrogen) atoms. The second-order valence-electron chi connectivity index (χ2n) is 15.5. The SMILES string of the molecule is CN(C)C(=O)c1cc2cnc(Nc3ccc(N4CCN(CCN5CCC(c6cccc(N7CCC(=O)NC7=O)c6)CC5)CC4)cc3)nc2n1C1CCCC1. The summed E-state index contributed by atoms with van der Waals surface area (Å²) in [7, 11) is 3.59. The Labute approximate surface area is 317 Å². The number of carbonyl (C=O) groups is 3. The smallest absolute Gasteiger partial charge is 0.328 e. The maximum atomic E-state index is 13.1. The molecule has 0 unspecified atom stereocenters. The van der Waals surface area contributed by atoms with Gasteiger partial charge in [-0.3, -0.25) is 24.7 Å². The molecule has 3 aliphatic heterocycles. The normalized spacial score (nSPS) is 19.4. The molecule has 4 fully saturated rings. The van der Waals surface area contributed by atoms with Crippen molar-refractivity contribution in [1.82, 2.24) is 34.6 Å². The number of imide groups is 1. The molecule has 2 aromatic carbocycles. The monoisotopic (exact) mass is 732 g/mol. The zero-order valence-corrected chi connectivity index (χ0v) is 31.5. The van der Waals surface area contributed by atoms with Crippen LogP contribution >= 0.6 is 0 Å². The van der Waals surface area contributed by atoms with Gasteiger partial charge in [-0.15, -0.1) is 0 Å². The van der Waals surface area contributed by atoms with Crippen molar-refractivity contribution in [3.63, 3.8) is 0 Å². The molecule has 13 nitrogen and oxygen atoms in total. The van der Waals surface area contributed by atoms with Crippen molar-refractivity contribution in [2.75, 3.05) is 88.1 Å². The maximum Gasteiger partial charge on any atom is 0.328 e. The third-order valence-electron chi connectivity index (χ3n) is 11.8. The molecule has 4 aromatic rings. The number of likely N-dealkylation sites (tertiary alicyclic amines) is 1. The van der Waals surface area contributed by atoms with Gasteiger partial charge in [0, 0.05) is 101 Å². The van der Waals surface area contributed by atoms with Crippen molar-refractivity contribution in [1.29, 1.82) is 0 Å². The Morgan fingerprint density at radius 3 is 2.28 bits per heavy atom. The van der Waals surface area contributed by atoms with Crippen LogP contribution in [0.2, 0.25) is 0 Å². The summed E-state index contributed by atoms with van der Waals surface area (Å²) in [5.74, 6) is 0.809. The predicted octanol–water partition coefficient (Wildman–Crippen LogP) is 5.44. The van der Waals surface area contributed by atoms with Crippen molar-refractivity contribution in [2.45, 2.75) is 56.9 Å². The molecule has 1 saturated carbocycles. The number of urea groups is 1. The lowest BCUT2D eigenvalue weighted by Gasteiger charge is -2.38. The fourth-order valence-corrected chi connectivity index (χ4v) is 8.64. The Hall–Kier alpha value is -5.01. The number of piperidine rings is 1. The highest BCUT2D eigenvalue weighted by molar-refractivity contribution is 6.05. The zero-order valence-electron chi connectivity index (χ0n) is 31.5. The molecule has 2 aromatic heterocycles. The van der Waals surface area contributed by atoms with Crippen molar-refractivity contribution >= 4 is 51.9 Å². The van der Waals surface area contributed by atoms with Crippen LogP contribution in [0.5, 0.6) is 0 Å². The second-order valence-corrected chi connectivity index (χ2v) is 15.5. The summed E-state index contributed by atoms with van der Waals surface area (Å²) in [6.45, 7) is 8.85. The molecule has 4 amide bonds. The van der Waals surface area contributed by atoms with Crippen LogP contribution in [0.15, 0.2) is 60.8 Å². The Balaban J connectivity index is 0.803. The van der Waals surface area contributed by atoms with Gasteiger partial charge in [0.2, 0.25) is 11.9 Å². The summed E-state index contributed by atoms with van der Waals surface area (Å²) >= 11 is 0. The van der Waals surface area contributed by atoms with E-state index in [1.807, 2.05) is 24.4 Å². The molecule has 1 aliphatic carbocycles. The summed E-state index contributed by atoms with van der Waals surface area (Å²) < 4.78 is 2.15. The first-order chi connectivity index (χ1) is 26.3. The Kier molecular flexibility index (Phi) is 10.5. The van der Waals surface area contributed by atoms with E-state index >= 15 is 0 Å². The first-order valence-electron chi connectivity index (χ1n) is 19.7. The van der Waals surface area contributed by atoms with Crippen LogP contribution in [0, 0.1) is 0 Å². The molecule has 0 bridgehead atoms. The summed E-state index contributed by atoms with van der Waals surface area (Å²) in [6, 6.07) is 18.7. The number of carbonyl (C=O) groups excluding carboxylic acids is 3. The minimum atomic E-state index is -0.328. The molecule has 4 aliphatic rings. The molecule has 284 valence electrons. The van der Waals surface area contributed by atoms with Gasteiger partial charge in [-0.05, 0) is 92.7 Å². The van der Waals surface area contributed by atoms with Crippen molar-refractivity contribution in [2.24, 2.45) is 0 Å². The lowest BCUT2D eigenvalue weighted by atomic mass is 9.89. The standard InChI is InChI=1S/C41H52N10O3/c1-46(2)39(53)36-27-31-28-42-40(45-38(31)51(36)34-7-3-4-8-34)43-32-10-12-33(13-11-32)49-24-22-48(23-25-49)21-20-47-17-14-29(15-18-47)30-6-5-9-35(26-30)50-19-16-37(52)44-41(50)54/h5-6,9-13,26-29,34H,3-4,7-8,14-25H2,1-2H3,(H,42,43,45)(H,44,52,54). The average molecular weight is 733 g/mol. The van der Waals surface area contributed by atoms with Crippen LogP contribution < -0.4 is 20.4 Å². The fourth-order valence-electron chi connectivity index (χ4n) is 8.64. The van der Waals surface area contributed by atoms with Crippen LogP contribution in [0.3, 0.4) is 0 Å². The highest BCUT2D eigenvalue weighted by atomic mass is 16.2. The molecule has 8 rings (SSSR count). The number of rotatable bonds is 10. The van der Waals surface area contributed by atoms with E-state index in [-0.39, 0.29) is 23.9 Å². The third-order valence-corrected chi connectivity index (χ3v) is 11.8. The lowest BCUT2D eigenvalue weighted by molar-refractivity contribution is -0.120. The van der Waals surface area contributed by atoms with E-state index in [1.54, 1.807) is 23.9 Å². The van der Waals surface area contributed by atoms with Gasteiger partial charge in [-0.2, -0.15) is 4.98 Å². The number of hydrogen-bond donors (Lipinski definition) is 2. The van der Waals surface area contributed by atoms with Gasteiger partial charge in [0.05, 0.1) is 0 Å². The van der Waals surface area contributed by atoms with Crippen molar-refractivity contribution in [3.05, 3.63) is 72.1 Å². The van der Waals surface area contributed by atoms with E-state index in [0.717, 1.165) is 100 Å². The molecule has 5 heterocycles. The first kappa shape index (κ1) is 36.0. The van der Waals surface area contributed by atoms with Crippen LogP contribution in [0.4, 0.5) is 27.8 Å². The largest absolute Gasteiger partial charge is 0.369 e. The van der Waals surface area contributed by atoms with Crippen LogP contribution in [-0.2, 0) is 4.79 Å². The maximum absolute atomic E-state index is 13.1. The number of amides is 4. The Bertz CT molecular complexity index is 1970. The third kappa shape index (κ3) is 7.78. The number of hydrogen-bond acceptors (Lipinski definition) is 9. The Morgan fingerprint density at radius 1 is 0.852 bits per heavy atom. The summed E-state index contributed by atoms with van der Waals surface area (Å²) in [5, 5.41) is 6.72. The number of nitrogens with zero attached hydrogens (tertiary/aromatic N) is 8. The zero-order chi connectivity index (χ0) is 37.2. The van der Waals surface area contributed by atoms with Crippen LogP contribution in [-0.4, -0.2) is 120 Å². The second kappa shape index (κ2) is 15.8. The molecule has 3 saturated heterocycles. The Morgan fingerprint density at radius 2 is 1.57 bits per heavy atom. The van der Waals surface area contributed by atoms with Gasteiger partial charge in [0.25, 0.3) is 5.91 Å². The van der Waals surface area contributed by atoms with Gasteiger partial charge < -0.3 is 24.6 Å². The minimum Gasteiger partial charge on any atom is -0.369 e. The number of piperazine rings is 1. The van der Waals surface area contributed by atoms with E-state index in [9.17, 15) is 14.4 Å². The topological polar surface area (TPSA) is 122 Å². The summed E-state index contributed by atoms with van der Waals surface area (Å²) in [4.78, 5) is 57.5. The van der Waals surface area contributed by atoms with Crippen molar-refractivity contribution in [3.8, 4) is 0 Å². The highest BCUT2D eigenvalue weighted by Crippen LogP contribution is 2.35. The number of benzene rings is 2. The first-order valence-corrected chi connectivity index (χ1v) is 19.7. The summed E-state index contributed by atoms with van der Waals surface area (Å²) in [6.07, 6.45) is 8.85. The highest BCUT2D eigenvalue weighted by Gasteiger charge is 2.28. The number of anilines is 4. The van der Waals surface area contributed by atoms with Crippen LogP contribution in [0.25, 0.3) is 11.0 Å². The molecule has 13 heteroatoms. The predicted molar refractivity (Wildman–Crippen MR) is 212 cm³/mol.